The second-order valence-corrected chi connectivity index (χ2v) is 10.4. The van der Waals surface area contributed by atoms with Gasteiger partial charge in [-0.15, -0.1) is 5.10 Å². The van der Waals surface area contributed by atoms with Gasteiger partial charge in [0.05, 0.1) is 12.3 Å². The Bertz CT molecular complexity index is 1020. The van der Waals surface area contributed by atoms with Crippen LogP contribution in [0.25, 0.3) is 16.9 Å². The Morgan fingerprint density at radius 2 is 2.21 bits per heavy atom. The van der Waals surface area contributed by atoms with Gasteiger partial charge in [0.2, 0.25) is 11.6 Å². The van der Waals surface area contributed by atoms with Gasteiger partial charge in [-0.25, -0.2) is 4.98 Å². The molecule has 1 aliphatic heterocycles. The number of rotatable bonds is 10. The fraction of sp³-hybridized carbons (Fsp3) is 0.636. The third kappa shape index (κ3) is 5.96. The van der Waals surface area contributed by atoms with Gasteiger partial charge in [-0.05, 0) is 53.2 Å². The summed E-state index contributed by atoms with van der Waals surface area (Å²) < 4.78 is 10.3. The van der Waals surface area contributed by atoms with E-state index in [9.17, 15) is 0 Å². The third-order valence-corrected chi connectivity index (χ3v) is 6.84. The molecule has 2 atom stereocenters. The highest BCUT2D eigenvalue weighted by molar-refractivity contribution is 7.97. The summed E-state index contributed by atoms with van der Waals surface area (Å²) >= 11 is 1.97. The van der Waals surface area contributed by atoms with Gasteiger partial charge in [-0.1, -0.05) is 18.9 Å². The lowest BCUT2D eigenvalue weighted by Gasteiger charge is -2.36. The van der Waals surface area contributed by atoms with Crippen LogP contribution in [0, 0.1) is 5.92 Å². The van der Waals surface area contributed by atoms with E-state index in [0.29, 0.717) is 35.0 Å². The van der Waals surface area contributed by atoms with Crippen LogP contribution >= 0.6 is 11.9 Å². The van der Waals surface area contributed by atoms with Crippen molar-refractivity contribution in [3.8, 4) is 17.0 Å². The van der Waals surface area contributed by atoms with E-state index in [-0.39, 0.29) is 6.10 Å². The first kappa shape index (κ1) is 23.8. The molecule has 3 aromatic rings. The molecule has 1 fully saturated rings. The second-order valence-electron chi connectivity index (χ2n) is 9.17. The molecule has 0 spiro atoms. The molecule has 33 heavy (non-hydrogen) atoms. The number of ether oxygens (including phenoxy) is 1. The molecule has 3 aromatic heterocycles. The van der Waals surface area contributed by atoms with Crippen LogP contribution in [0.4, 0.5) is 5.95 Å². The first-order valence-electron chi connectivity index (χ1n) is 11.6. The molecule has 11 heteroatoms. The predicted molar refractivity (Wildman–Crippen MR) is 133 cm³/mol. The Morgan fingerprint density at radius 1 is 1.36 bits per heavy atom. The number of aromatic amines is 1. The highest BCUT2D eigenvalue weighted by Crippen LogP contribution is 2.32. The number of nitrogens with zero attached hydrogens (tertiary/aromatic N) is 7. The van der Waals surface area contributed by atoms with Crippen LogP contribution < -0.4 is 10.1 Å². The molecule has 2 unspecified atom stereocenters. The minimum absolute atomic E-state index is 0.0173. The fourth-order valence-electron chi connectivity index (χ4n) is 4.01. The highest BCUT2D eigenvalue weighted by atomic mass is 32.2. The molecular formula is C22H35N9OS. The topological polar surface area (TPSA) is 99.5 Å². The van der Waals surface area contributed by atoms with Gasteiger partial charge in [0.25, 0.3) is 0 Å². The third-order valence-electron chi connectivity index (χ3n) is 5.68. The molecule has 0 aliphatic carbocycles. The van der Waals surface area contributed by atoms with Crippen molar-refractivity contribution in [1.29, 1.82) is 0 Å². The van der Waals surface area contributed by atoms with Crippen molar-refractivity contribution in [2.24, 2.45) is 5.92 Å². The SMILES string of the molecule is CC(C)Oc1c(-c2cn[nH]c2)ncn2nc(NC3CCN(SCCCN(C)C)CC3C)nc12. The number of aromatic nitrogens is 6. The van der Waals surface area contributed by atoms with Gasteiger partial charge in [-0.2, -0.15) is 14.6 Å². The van der Waals surface area contributed by atoms with E-state index in [0.717, 1.165) is 31.6 Å². The van der Waals surface area contributed by atoms with Crippen LogP contribution in [0.2, 0.25) is 0 Å². The summed E-state index contributed by atoms with van der Waals surface area (Å²) in [5.41, 5.74) is 2.21. The van der Waals surface area contributed by atoms with E-state index in [1.807, 2.05) is 25.8 Å². The molecule has 0 radical (unpaired) electrons. The molecule has 0 aromatic carbocycles. The standard InChI is InChI=1S/C22H35N9OS/c1-15(2)32-20-19(17-11-24-25-12-17)23-14-31-21(20)27-22(28-31)26-18-7-9-30(13-16(18)3)33-10-6-8-29(4)5/h11-12,14-16,18H,6-10,13H2,1-5H3,(H,24,25)(H,26,28). The van der Waals surface area contributed by atoms with E-state index in [1.54, 1.807) is 23.2 Å². The zero-order chi connectivity index (χ0) is 23.4. The van der Waals surface area contributed by atoms with Crippen molar-refractivity contribution in [2.45, 2.75) is 45.8 Å². The predicted octanol–water partition coefficient (Wildman–Crippen LogP) is 3.02. The Hall–Kier alpha value is -2.37. The molecule has 4 rings (SSSR count). The van der Waals surface area contributed by atoms with Gasteiger partial charge in [0.1, 0.15) is 12.0 Å². The summed E-state index contributed by atoms with van der Waals surface area (Å²) in [6.45, 7) is 9.55. The smallest absolute Gasteiger partial charge is 0.243 e. The maximum absolute atomic E-state index is 6.11. The molecule has 180 valence electrons. The van der Waals surface area contributed by atoms with Crippen molar-refractivity contribution in [3.05, 3.63) is 18.7 Å². The molecule has 4 heterocycles. The van der Waals surface area contributed by atoms with Crippen molar-refractivity contribution in [3.63, 3.8) is 0 Å². The molecule has 1 aliphatic rings. The van der Waals surface area contributed by atoms with Gasteiger partial charge in [0, 0.05) is 36.6 Å². The minimum Gasteiger partial charge on any atom is -0.485 e. The number of anilines is 1. The quantitative estimate of drug-likeness (QED) is 0.340. The van der Waals surface area contributed by atoms with Crippen LogP contribution in [0.15, 0.2) is 18.7 Å². The summed E-state index contributed by atoms with van der Waals surface area (Å²) in [4.78, 5) is 11.6. The lowest BCUT2D eigenvalue weighted by molar-refractivity contribution is 0.244. The zero-order valence-corrected chi connectivity index (χ0v) is 21.0. The van der Waals surface area contributed by atoms with Crippen molar-refractivity contribution in [1.82, 2.24) is 39.0 Å². The monoisotopic (exact) mass is 473 g/mol. The largest absolute Gasteiger partial charge is 0.485 e. The van der Waals surface area contributed by atoms with Gasteiger partial charge >= 0.3 is 0 Å². The number of hydrogen-bond acceptors (Lipinski definition) is 9. The number of fused-ring (bicyclic) bond motifs is 1. The van der Waals surface area contributed by atoms with Crippen LogP contribution in [-0.2, 0) is 0 Å². The number of hydrogen-bond donors (Lipinski definition) is 2. The van der Waals surface area contributed by atoms with Crippen LogP contribution in [0.1, 0.15) is 33.6 Å². The fourth-order valence-corrected chi connectivity index (χ4v) is 5.10. The Balaban J connectivity index is 1.44. The van der Waals surface area contributed by atoms with E-state index >= 15 is 0 Å². The maximum Gasteiger partial charge on any atom is 0.243 e. The number of H-pyrrole nitrogens is 1. The Kier molecular flexibility index (Phi) is 7.71. The summed E-state index contributed by atoms with van der Waals surface area (Å²) in [6, 6.07) is 0.330. The number of nitrogens with one attached hydrogen (secondary N) is 2. The molecule has 0 amide bonds. The summed E-state index contributed by atoms with van der Waals surface area (Å²) in [6.07, 6.45) is 7.47. The summed E-state index contributed by atoms with van der Waals surface area (Å²) in [5, 5.41) is 15.1. The molecule has 1 saturated heterocycles. The van der Waals surface area contributed by atoms with Gasteiger partial charge in [0.15, 0.2) is 5.75 Å². The highest BCUT2D eigenvalue weighted by Gasteiger charge is 2.28. The van der Waals surface area contributed by atoms with Gasteiger partial charge < -0.3 is 15.0 Å². The summed E-state index contributed by atoms with van der Waals surface area (Å²) in [5.74, 6) is 2.89. The molecule has 2 N–H and O–H groups in total. The number of piperidine rings is 1. The van der Waals surface area contributed by atoms with Crippen LogP contribution in [-0.4, -0.2) is 90.6 Å². The average molecular weight is 474 g/mol. The molecular weight excluding hydrogens is 438 g/mol. The lowest BCUT2D eigenvalue weighted by Crippen LogP contribution is -2.42. The molecule has 0 bridgehead atoms. The normalized spacial score (nSPS) is 19.6. The van der Waals surface area contributed by atoms with Crippen molar-refractivity contribution >= 4 is 23.5 Å². The van der Waals surface area contributed by atoms with E-state index in [2.05, 4.69) is 55.8 Å². The zero-order valence-electron chi connectivity index (χ0n) is 20.2. The van der Waals surface area contributed by atoms with E-state index in [1.165, 1.54) is 12.2 Å². The first-order valence-corrected chi connectivity index (χ1v) is 12.5. The second kappa shape index (κ2) is 10.7. The van der Waals surface area contributed by atoms with E-state index < -0.39 is 0 Å². The Labute approximate surface area is 199 Å². The first-order chi connectivity index (χ1) is 15.9. The van der Waals surface area contributed by atoms with Gasteiger partial charge in [-0.3, -0.25) is 9.40 Å². The average Bonchev–Trinajstić information content (AvgIpc) is 3.43. The van der Waals surface area contributed by atoms with Crippen molar-refractivity contribution < 1.29 is 4.74 Å². The van der Waals surface area contributed by atoms with Crippen LogP contribution in [0.5, 0.6) is 5.75 Å². The molecule has 0 saturated carbocycles. The van der Waals surface area contributed by atoms with Crippen LogP contribution in [0.3, 0.4) is 0 Å². The van der Waals surface area contributed by atoms with Crippen molar-refractivity contribution in [2.75, 3.05) is 44.8 Å². The maximum atomic E-state index is 6.11. The van der Waals surface area contributed by atoms with E-state index in [4.69, 9.17) is 9.72 Å². The molecule has 10 nitrogen and oxygen atoms in total. The summed E-state index contributed by atoms with van der Waals surface area (Å²) in [7, 11) is 4.26. The minimum atomic E-state index is -0.0173. The Morgan fingerprint density at radius 3 is 2.91 bits per heavy atom. The lowest BCUT2D eigenvalue weighted by atomic mass is 9.95.